The first-order valence-electron chi connectivity index (χ1n) is 11.0. The van der Waals surface area contributed by atoms with Gasteiger partial charge in [-0.05, 0) is 54.6 Å². The molecule has 4 aromatic rings. The second-order valence-corrected chi connectivity index (χ2v) is 8.90. The van der Waals surface area contributed by atoms with Crippen LogP contribution in [0, 0.1) is 0 Å². The van der Waals surface area contributed by atoms with Crippen molar-refractivity contribution in [2.75, 3.05) is 7.05 Å². The smallest absolute Gasteiger partial charge is 0.321 e. The summed E-state index contributed by atoms with van der Waals surface area (Å²) in [7, 11) is 1.57. The molecular formula is C26H25N5O4S2. The summed E-state index contributed by atoms with van der Waals surface area (Å²) >= 11 is 1.37. The molecule has 0 aliphatic heterocycles. The number of carbonyl (C=O) groups excluding carboxylic acids is 2. The van der Waals surface area contributed by atoms with Gasteiger partial charge in [-0.25, -0.2) is 0 Å². The summed E-state index contributed by atoms with van der Waals surface area (Å²) in [5.41, 5.74) is 7.88. The van der Waals surface area contributed by atoms with E-state index in [1.807, 2.05) is 42.5 Å². The Morgan fingerprint density at radius 1 is 1.11 bits per heavy atom. The first kappa shape index (κ1) is 27.7. The minimum atomic E-state index is -1.35. The first-order valence-corrected chi connectivity index (χ1v) is 11.8. The maximum Gasteiger partial charge on any atom is 0.321 e. The number of benzene rings is 2. The van der Waals surface area contributed by atoms with Crippen LogP contribution in [0.15, 0.2) is 76.7 Å². The first-order chi connectivity index (χ1) is 17.4. The Labute approximate surface area is 224 Å². The Bertz CT molecular complexity index is 1470. The molecule has 4 N–H and O–H groups in total. The molecule has 0 unspecified atom stereocenters. The predicted octanol–water partition coefficient (Wildman–Crippen LogP) is 3.67. The van der Waals surface area contributed by atoms with Crippen LogP contribution in [0.1, 0.15) is 33.0 Å². The van der Waals surface area contributed by atoms with E-state index >= 15 is 0 Å². The van der Waals surface area contributed by atoms with Gasteiger partial charge in [0, 0.05) is 28.4 Å². The number of aromatic nitrogens is 3. The van der Waals surface area contributed by atoms with Crippen LogP contribution in [0.5, 0.6) is 0 Å². The van der Waals surface area contributed by atoms with Gasteiger partial charge in [0.2, 0.25) is 5.91 Å². The Morgan fingerprint density at radius 2 is 1.86 bits per heavy atom. The number of nitrogens with one attached hydrogen (secondary N) is 1. The summed E-state index contributed by atoms with van der Waals surface area (Å²) in [4.78, 5) is 42.2. The lowest BCUT2D eigenvalue weighted by atomic mass is 10.2. The van der Waals surface area contributed by atoms with Gasteiger partial charge in [-0.2, -0.15) is 23.3 Å². The Kier molecular flexibility index (Phi) is 9.23. The van der Waals surface area contributed by atoms with E-state index in [0.29, 0.717) is 22.2 Å². The number of carboxylic acid groups (broad SMARTS) is 1. The number of pyridine rings is 1. The van der Waals surface area contributed by atoms with Gasteiger partial charge in [-0.15, -0.1) is 0 Å². The van der Waals surface area contributed by atoms with E-state index in [9.17, 15) is 14.4 Å². The second-order valence-electron chi connectivity index (χ2n) is 7.78. The number of amides is 1. The zero-order valence-electron chi connectivity index (χ0n) is 19.8. The molecule has 4 rings (SSSR count). The third-order valence-corrected chi connectivity index (χ3v) is 6.38. The average Bonchev–Trinajstić information content (AvgIpc) is 3.25. The molecule has 11 heteroatoms. The van der Waals surface area contributed by atoms with Crippen LogP contribution in [0.3, 0.4) is 0 Å². The molecular weight excluding hydrogens is 510 g/mol. The molecule has 1 amide bonds. The van der Waals surface area contributed by atoms with Crippen molar-refractivity contribution in [1.29, 1.82) is 0 Å². The topological polar surface area (TPSA) is 140 Å². The van der Waals surface area contributed by atoms with E-state index in [1.165, 1.54) is 16.4 Å². The summed E-state index contributed by atoms with van der Waals surface area (Å²) in [5, 5.41) is 16.9. The van der Waals surface area contributed by atoms with Gasteiger partial charge in [0.05, 0.1) is 28.9 Å². The van der Waals surface area contributed by atoms with Crippen molar-refractivity contribution in [2.24, 2.45) is 5.73 Å². The molecule has 2 aromatic heterocycles. The number of aliphatic carboxylic acids is 1. The van der Waals surface area contributed by atoms with Crippen LogP contribution in [-0.4, -0.2) is 50.7 Å². The number of fused-ring (bicyclic) bond motifs is 1. The molecule has 0 bridgehead atoms. The average molecular weight is 536 g/mol. The summed E-state index contributed by atoms with van der Waals surface area (Å²) in [6.45, 7) is 0. The quantitative estimate of drug-likeness (QED) is 0.310. The SMILES string of the molecule is CNC(=O)c1ccccc1Sc1ccc2c(/C=C/c3ccccn3)nn(C(=O)C[C@H](N)C(=O)O)c2c1.S. The van der Waals surface area contributed by atoms with Crippen molar-refractivity contribution in [3.63, 3.8) is 0 Å². The van der Waals surface area contributed by atoms with E-state index in [-0.39, 0.29) is 19.4 Å². The molecule has 190 valence electrons. The zero-order valence-corrected chi connectivity index (χ0v) is 21.6. The molecule has 0 spiro atoms. The van der Waals surface area contributed by atoms with E-state index in [4.69, 9.17) is 10.8 Å². The van der Waals surface area contributed by atoms with Crippen molar-refractivity contribution in [3.05, 3.63) is 83.8 Å². The van der Waals surface area contributed by atoms with Crippen LogP contribution >= 0.6 is 25.3 Å². The highest BCUT2D eigenvalue weighted by molar-refractivity contribution is 7.99. The lowest BCUT2D eigenvalue weighted by Gasteiger charge is -2.09. The molecule has 0 fully saturated rings. The van der Waals surface area contributed by atoms with Crippen molar-refractivity contribution in [2.45, 2.75) is 22.3 Å². The number of carbonyl (C=O) groups is 3. The normalized spacial score (nSPS) is 11.7. The Morgan fingerprint density at radius 3 is 2.57 bits per heavy atom. The number of rotatable bonds is 8. The third-order valence-electron chi connectivity index (χ3n) is 5.32. The fourth-order valence-corrected chi connectivity index (χ4v) is 4.48. The molecule has 0 aliphatic carbocycles. The minimum Gasteiger partial charge on any atom is -0.480 e. The number of nitrogens with zero attached hydrogens (tertiary/aromatic N) is 3. The van der Waals surface area contributed by atoms with Gasteiger partial charge in [0.1, 0.15) is 6.04 Å². The minimum absolute atomic E-state index is 0. The highest BCUT2D eigenvalue weighted by Gasteiger charge is 2.21. The molecule has 2 aromatic carbocycles. The fraction of sp³-hybridized carbons (Fsp3) is 0.115. The standard InChI is InChI=1S/C26H23N5O4S.H2S/c1-28-25(33)19-7-2-3-8-23(19)36-17-10-11-18-21(12-9-16-6-4-5-13-29-16)30-31(22(18)14-17)24(32)15-20(27)26(34)35;/h2-14,20H,15,27H2,1H3,(H,28,33)(H,34,35);1H2/b12-9+;/t20-;/m0./s1. The molecule has 0 saturated carbocycles. The predicted molar refractivity (Wildman–Crippen MR) is 148 cm³/mol. The van der Waals surface area contributed by atoms with Gasteiger partial charge in [0.15, 0.2) is 0 Å². The molecule has 0 saturated heterocycles. The van der Waals surface area contributed by atoms with E-state index in [2.05, 4.69) is 15.4 Å². The molecule has 1 atom stereocenters. The van der Waals surface area contributed by atoms with Gasteiger partial charge in [-0.1, -0.05) is 30.0 Å². The molecule has 0 aliphatic rings. The summed E-state index contributed by atoms with van der Waals surface area (Å²) in [6.07, 6.45) is 4.79. The van der Waals surface area contributed by atoms with E-state index in [0.717, 1.165) is 15.5 Å². The van der Waals surface area contributed by atoms with Gasteiger partial charge < -0.3 is 16.2 Å². The highest BCUT2D eigenvalue weighted by Crippen LogP contribution is 2.33. The van der Waals surface area contributed by atoms with Crippen LogP contribution in [-0.2, 0) is 4.79 Å². The van der Waals surface area contributed by atoms with Crippen molar-refractivity contribution in [1.82, 2.24) is 20.1 Å². The number of carboxylic acids is 1. The summed E-state index contributed by atoms with van der Waals surface area (Å²) in [5.74, 6) is -2.01. The molecule has 2 heterocycles. The van der Waals surface area contributed by atoms with E-state index in [1.54, 1.807) is 43.6 Å². The number of hydrogen-bond donors (Lipinski definition) is 3. The van der Waals surface area contributed by atoms with Crippen LogP contribution in [0.4, 0.5) is 0 Å². The zero-order chi connectivity index (χ0) is 25.7. The lowest BCUT2D eigenvalue weighted by molar-refractivity contribution is -0.138. The maximum absolute atomic E-state index is 13.0. The maximum atomic E-state index is 13.0. The Balaban J connectivity index is 0.00000380. The molecule has 37 heavy (non-hydrogen) atoms. The van der Waals surface area contributed by atoms with Crippen molar-refractivity contribution in [3.8, 4) is 0 Å². The van der Waals surface area contributed by atoms with Gasteiger partial charge in [0.25, 0.3) is 5.91 Å². The van der Waals surface area contributed by atoms with Gasteiger partial charge in [-0.3, -0.25) is 19.4 Å². The highest BCUT2D eigenvalue weighted by atomic mass is 32.2. The third kappa shape index (κ3) is 6.45. The van der Waals surface area contributed by atoms with Crippen LogP contribution in [0.2, 0.25) is 0 Å². The molecule has 0 radical (unpaired) electrons. The molecule has 9 nitrogen and oxygen atoms in total. The van der Waals surface area contributed by atoms with Crippen molar-refractivity contribution < 1.29 is 19.5 Å². The summed E-state index contributed by atoms with van der Waals surface area (Å²) < 4.78 is 1.19. The van der Waals surface area contributed by atoms with Crippen molar-refractivity contribution >= 4 is 66.1 Å². The van der Waals surface area contributed by atoms with E-state index < -0.39 is 24.3 Å². The van der Waals surface area contributed by atoms with Gasteiger partial charge >= 0.3 is 5.97 Å². The lowest BCUT2D eigenvalue weighted by Crippen LogP contribution is -2.34. The fourth-order valence-electron chi connectivity index (χ4n) is 3.50. The number of nitrogens with two attached hydrogens (primary N) is 1. The van der Waals surface area contributed by atoms with Crippen LogP contribution < -0.4 is 11.1 Å². The monoisotopic (exact) mass is 535 g/mol. The van der Waals surface area contributed by atoms with Crippen LogP contribution in [0.25, 0.3) is 23.1 Å². The summed E-state index contributed by atoms with van der Waals surface area (Å²) in [6, 6.07) is 16.9. The second kappa shape index (κ2) is 12.3. The number of hydrogen-bond acceptors (Lipinski definition) is 7. The largest absolute Gasteiger partial charge is 0.480 e. The Hall–Kier alpha value is -3.93.